The van der Waals surface area contributed by atoms with Gasteiger partial charge in [0.2, 0.25) is 0 Å². The van der Waals surface area contributed by atoms with Crippen molar-refractivity contribution in [1.82, 2.24) is 5.43 Å². The Bertz CT molecular complexity index is 1260. The van der Waals surface area contributed by atoms with Gasteiger partial charge < -0.3 is 13.7 Å². The molecule has 0 bridgehead atoms. The number of nitrogens with one attached hydrogen (secondary N) is 1. The maximum atomic E-state index is 12.5. The number of methoxy groups -OCH3 is 1. The predicted octanol–water partition coefficient (Wildman–Crippen LogP) is 3.93. The number of hydrogen-bond donors (Lipinski definition) is 1. The van der Waals surface area contributed by atoms with E-state index in [-0.39, 0.29) is 16.4 Å². The third-order valence-electron chi connectivity index (χ3n) is 4.48. The molecule has 0 saturated carbocycles. The number of ether oxygens (including phenoxy) is 2. The number of hydrogen-bond acceptors (Lipinski definition) is 7. The second-order valence-corrected chi connectivity index (χ2v) is 8.44. The molecule has 3 aromatic carbocycles. The minimum absolute atomic E-state index is 0.0346. The van der Waals surface area contributed by atoms with Crippen molar-refractivity contribution in [2.24, 2.45) is 5.10 Å². The molecule has 0 aliphatic rings. The van der Waals surface area contributed by atoms with Crippen LogP contribution in [0.2, 0.25) is 0 Å². The molecule has 0 unspecified atom stereocenters. The number of carbonyl (C=O) groups is 1. The summed E-state index contributed by atoms with van der Waals surface area (Å²) in [6, 6.07) is 17.7. The van der Waals surface area contributed by atoms with Crippen LogP contribution in [-0.2, 0) is 10.1 Å². The van der Waals surface area contributed by atoms with Crippen molar-refractivity contribution in [3.8, 4) is 17.2 Å². The molecule has 0 aliphatic heterocycles. The number of carbonyl (C=O) groups excluding carboxylic acids is 1. The van der Waals surface area contributed by atoms with E-state index in [1.807, 2.05) is 6.92 Å². The Balaban J connectivity index is 1.76. The zero-order valence-electron chi connectivity index (χ0n) is 18.4. The standard InChI is InChI=1S/C24H24N2O6S/c1-4-31-23-15-18(11-13-21(23)32-33(28,29)19-8-6-5-7-9-19)16-25-26-24(27)20-12-10-17(2)14-22(20)30-3/h5-16H,4H2,1-3H3,(H,26,27)/b25-16-. The van der Waals surface area contributed by atoms with Gasteiger partial charge in [0, 0.05) is 0 Å². The van der Waals surface area contributed by atoms with Crippen molar-refractivity contribution in [1.29, 1.82) is 0 Å². The molecule has 0 atom stereocenters. The lowest BCUT2D eigenvalue weighted by Gasteiger charge is -2.12. The molecule has 0 aliphatic carbocycles. The molecule has 0 spiro atoms. The Hall–Kier alpha value is -3.85. The number of aryl methyl sites for hydroxylation is 1. The summed E-state index contributed by atoms with van der Waals surface area (Å²) in [7, 11) is -2.53. The SMILES string of the molecule is CCOc1cc(/C=N\NC(=O)c2ccc(C)cc2OC)ccc1OS(=O)(=O)c1ccccc1. The van der Waals surface area contributed by atoms with Gasteiger partial charge in [-0.05, 0) is 67.4 Å². The third-order valence-corrected chi connectivity index (χ3v) is 5.73. The Labute approximate surface area is 192 Å². The Morgan fingerprint density at radius 2 is 1.76 bits per heavy atom. The number of rotatable bonds is 9. The first-order valence-electron chi connectivity index (χ1n) is 10.1. The molecule has 33 heavy (non-hydrogen) atoms. The van der Waals surface area contributed by atoms with Crippen molar-refractivity contribution in [3.05, 3.63) is 83.4 Å². The third kappa shape index (κ3) is 6.11. The first kappa shape index (κ1) is 23.8. The molecule has 0 fully saturated rings. The van der Waals surface area contributed by atoms with Crippen LogP contribution in [0.1, 0.15) is 28.4 Å². The van der Waals surface area contributed by atoms with Gasteiger partial charge in [-0.15, -0.1) is 0 Å². The van der Waals surface area contributed by atoms with E-state index >= 15 is 0 Å². The van der Waals surface area contributed by atoms with Gasteiger partial charge in [0.1, 0.15) is 10.6 Å². The van der Waals surface area contributed by atoms with Gasteiger partial charge in [-0.1, -0.05) is 24.3 Å². The summed E-state index contributed by atoms with van der Waals surface area (Å²) in [4.78, 5) is 12.5. The zero-order valence-corrected chi connectivity index (χ0v) is 19.3. The van der Waals surface area contributed by atoms with Crippen molar-refractivity contribution >= 4 is 22.2 Å². The molecule has 3 aromatic rings. The van der Waals surface area contributed by atoms with Crippen LogP contribution in [0.15, 0.2) is 76.7 Å². The molecule has 0 heterocycles. The lowest BCUT2D eigenvalue weighted by Crippen LogP contribution is -2.18. The van der Waals surface area contributed by atoms with Crippen LogP contribution in [0.3, 0.4) is 0 Å². The summed E-state index contributed by atoms with van der Waals surface area (Å²) in [5, 5.41) is 3.97. The molecule has 172 valence electrons. The lowest BCUT2D eigenvalue weighted by atomic mass is 10.1. The molecule has 0 aromatic heterocycles. The Morgan fingerprint density at radius 3 is 2.45 bits per heavy atom. The maximum absolute atomic E-state index is 12.5. The monoisotopic (exact) mass is 468 g/mol. The van der Waals surface area contributed by atoms with Gasteiger partial charge in [-0.25, -0.2) is 5.43 Å². The molecule has 0 radical (unpaired) electrons. The second kappa shape index (κ2) is 10.6. The van der Waals surface area contributed by atoms with Crippen LogP contribution in [0, 0.1) is 6.92 Å². The van der Waals surface area contributed by atoms with Crippen LogP contribution in [-0.4, -0.2) is 34.3 Å². The van der Waals surface area contributed by atoms with Gasteiger partial charge >= 0.3 is 10.1 Å². The van der Waals surface area contributed by atoms with Gasteiger partial charge in [0.05, 0.1) is 25.5 Å². The average molecular weight is 469 g/mol. The lowest BCUT2D eigenvalue weighted by molar-refractivity contribution is 0.0952. The second-order valence-electron chi connectivity index (χ2n) is 6.89. The number of nitrogens with zero attached hydrogens (tertiary/aromatic N) is 1. The molecule has 8 nitrogen and oxygen atoms in total. The van der Waals surface area contributed by atoms with E-state index in [4.69, 9.17) is 13.7 Å². The number of amides is 1. The fraction of sp³-hybridized carbons (Fsp3) is 0.167. The van der Waals surface area contributed by atoms with Crippen molar-refractivity contribution in [3.63, 3.8) is 0 Å². The normalized spacial score (nSPS) is 11.2. The van der Waals surface area contributed by atoms with Crippen molar-refractivity contribution in [2.75, 3.05) is 13.7 Å². The van der Waals surface area contributed by atoms with Gasteiger partial charge in [0.15, 0.2) is 11.5 Å². The average Bonchev–Trinajstić information content (AvgIpc) is 2.81. The van der Waals surface area contributed by atoms with Crippen LogP contribution in [0.5, 0.6) is 17.2 Å². The highest BCUT2D eigenvalue weighted by atomic mass is 32.2. The fourth-order valence-corrected chi connectivity index (χ4v) is 3.87. The summed E-state index contributed by atoms with van der Waals surface area (Å²) < 4.78 is 41.1. The summed E-state index contributed by atoms with van der Waals surface area (Å²) in [6.07, 6.45) is 1.41. The van der Waals surface area contributed by atoms with Crippen molar-refractivity contribution < 1.29 is 26.9 Å². The van der Waals surface area contributed by atoms with E-state index in [9.17, 15) is 13.2 Å². The largest absolute Gasteiger partial charge is 0.496 e. The first-order chi connectivity index (χ1) is 15.8. The van der Waals surface area contributed by atoms with Crippen LogP contribution >= 0.6 is 0 Å². The molecule has 0 saturated heterocycles. The molecule has 3 rings (SSSR count). The van der Waals surface area contributed by atoms with E-state index in [1.165, 1.54) is 31.5 Å². The van der Waals surface area contributed by atoms with Gasteiger partial charge in [-0.3, -0.25) is 4.79 Å². The van der Waals surface area contributed by atoms with E-state index in [0.29, 0.717) is 23.5 Å². The highest BCUT2D eigenvalue weighted by molar-refractivity contribution is 7.87. The molecule has 1 amide bonds. The fourth-order valence-electron chi connectivity index (χ4n) is 2.91. The first-order valence-corrected chi connectivity index (χ1v) is 11.5. The molecule has 1 N–H and O–H groups in total. The highest BCUT2D eigenvalue weighted by Gasteiger charge is 2.19. The van der Waals surface area contributed by atoms with E-state index in [2.05, 4.69) is 10.5 Å². The Kier molecular flexibility index (Phi) is 7.68. The van der Waals surface area contributed by atoms with Crippen LogP contribution in [0.4, 0.5) is 0 Å². The summed E-state index contributed by atoms with van der Waals surface area (Å²) >= 11 is 0. The minimum Gasteiger partial charge on any atom is -0.496 e. The van der Waals surface area contributed by atoms with E-state index < -0.39 is 16.0 Å². The van der Waals surface area contributed by atoms with Crippen LogP contribution in [0.25, 0.3) is 0 Å². The quantitative estimate of drug-likeness (QED) is 0.290. The van der Waals surface area contributed by atoms with Crippen molar-refractivity contribution in [2.45, 2.75) is 18.7 Å². The number of hydrazone groups is 1. The summed E-state index contributed by atoms with van der Waals surface area (Å²) in [6.45, 7) is 3.97. The summed E-state index contributed by atoms with van der Waals surface area (Å²) in [5.41, 5.74) is 4.34. The maximum Gasteiger partial charge on any atom is 0.339 e. The summed E-state index contributed by atoms with van der Waals surface area (Å²) in [5.74, 6) is 0.295. The van der Waals surface area contributed by atoms with Gasteiger partial charge in [-0.2, -0.15) is 13.5 Å². The Morgan fingerprint density at radius 1 is 1.00 bits per heavy atom. The zero-order chi connectivity index (χ0) is 23.8. The van der Waals surface area contributed by atoms with E-state index in [1.54, 1.807) is 55.5 Å². The smallest absolute Gasteiger partial charge is 0.339 e. The molecular weight excluding hydrogens is 444 g/mol. The molecular formula is C24H24N2O6S. The highest BCUT2D eigenvalue weighted by Crippen LogP contribution is 2.31. The molecule has 9 heteroatoms. The van der Waals surface area contributed by atoms with Crippen LogP contribution < -0.4 is 19.1 Å². The van der Waals surface area contributed by atoms with Gasteiger partial charge in [0.25, 0.3) is 5.91 Å². The topological polar surface area (TPSA) is 103 Å². The number of benzene rings is 3. The minimum atomic E-state index is -4.02. The van der Waals surface area contributed by atoms with E-state index in [0.717, 1.165) is 5.56 Å². The predicted molar refractivity (Wildman–Crippen MR) is 125 cm³/mol.